The zero-order valence-electron chi connectivity index (χ0n) is 8.12. The number of rotatable bonds is 4. The summed E-state index contributed by atoms with van der Waals surface area (Å²) in [7, 11) is 0. The fourth-order valence-corrected chi connectivity index (χ4v) is 1.05. The standard InChI is InChI=1S/C10H15N3/c1-4-7-13-10(5-6-12-13)8-11-9(2)3/h1,5-6,9,11H,7-8H2,2-3H3. The molecule has 13 heavy (non-hydrogen) atoms. The molecule has 1 rings (SSSR count). The molecular weight excluding hydrogens is 162 g/mol. The molecule has 0 spiro atoms. The highest BCUT2D eigenvalue weighted by Crippen LogP contribution is 1.98. The smallest absolute Gasteiger partial charge is 0.102 e. The van der Waals surface area contributed by atoms with E-state index in [1.54, 1.807) is 6.20 Å². The predicted octanol–water partition coefficient (Wildman–Crippen LogP) is 1.01. The van der Waals surface area contributed by atoms with E-state index >= 15 is 0 Å². The first kappa shape index (κ1) is 9.82. The van der Waals surface area contributed by atoms with Crippen LogP contribution in [0.1, 0.15) is 19.5 Å². The van der Waals surface area contributed by atoms with Crippen molar-refractivity contribution in [3.05, 3.63) is 18.0 Å². The Morgan fingerprint density at radius 2 is 2.46 bits per heavy atom. The minimum Gasteiger partial charge on any atom is -0.309 e. The fraction of sp³-hybridized carbons (Fsp3) is 0.500. The lowest BCUT2D eigenvalue weighted by Gasteiger charge is -2.08. The molecule has 3 nitrogen and oxygen atoms in total. The number of terminal acetylenes is 1. The molecule has 0 aliphatic carbocycles. The van der Waals surface area contributed by atoms with Gasteiger partial charge in [-0.2, -0.15) is 5.10 Å². The van der Waals surface area contributed by atoms with Crippen LogP contribution in [0.2, 0.25) is 0 Å². The average molecular weight is 177 g/mol. The van der Waals surface area contributed by atoms with Crippen molar-refractivity contribution in [2.45, 2.75) is 33.0 Å². The average Bonchev–Trinajstić information content (AvgIpc) is 2.49. The Morgan fingerprint density at radius 3 is 3.08 bits per heavy atom. The molecule has 0 fully saturated rings. The van der Waals surface area contributed by atoms with Crippen LogP contribution in [0.3, 0.4) is 0 Å². The molecule has 0 aromatic carbocycles. The summed E-state index contributed by atoms with van der Waals surface area (Å²) in [6.07, 6.45) is 6.99. The molecule has 0 amide bonds. The summed E-state index contributed by atoms with van der Waals surface area (Å²) in [6.45, 7) is 5.59. The first-order valence-electron chi connectivity index (χ1n) is 4.41. The van der Waals surface area contributed by atoms with Crippen LogP contribution in [-0.4, -0.2) is 15.8 Å². The highest BCUT2D eigenvalue weighted by atomic mass is 15.3. The molecule has 0 saturated heterocycles. The number of nitrogens with zero attached hydrogens (tertiary/aromatic N) is 2. The van der Waals surface area contributed by atoms with E-state index in [0.29, 0.717) is 12.6 Å². The first-order chi connectivity index (χ1) is 6.24. The minimum absolute atomic E-state index is 0.481. The quantitative estimate of drug-likeness (QED) is 0.696. The lowest BCUT2D eigenvalue weighted by molar-refractivity contribution is 0.552. The molecule has 0 aliphatic rings. The van der Waals surface area contributed by atoms with Crippen molar-refractivity contribution >= 4 is 0 Å². The molecule has 0 unspecified atom stereocenters. The third kappa shape index (κ3) is 2.92. The molecule has 3 heteroatoms. The van der Waals surface area contributed by atoms with Crippen molar-refractivity contribution in [1.29, 1.82) is 0 Å². The van der Waals surface area contributed by atoms with Crippen LogP contribution in [0.25, 0.3) is 0 Å². The van der Waals surface area contributed by atoms with Gasteiger partial charge in [-0.15, -0.1) is 6.42 Å². The van der Waals surface area contributed by atoms with Crippen LogP contribution >= 0.6 is 0 Å². The van der Waals surface area contributed by atoms with Gasteiger partial charge in [-0.05, 0) is 6.07 Å². The fourth-order valence-electron chi connectivity index (χ4n) is 1.05. The van der Waals surface area contributed by atoms with Gasteiger partial charge in [-0.25, -0.2) is 0 Å². The normalized spacial score (nSPS) is 10.3. The predicted molar refractivity (Wildman–Crippen MR) is 53.0 cm³/mol. The summed E-state index contributed by atoms with van der Waals surface area (Å²) in [6, 6.07) is 2.46. The highest BCUT2D eigenvalue weighted by molar-refractivity contribution is 5.02. The van der Waals surface area contributed by atoms with Crippen LogP contribution in [0.5, 0.6) is 0 Å². The second kappa shape index (κ2) is 4.68. The maximum atomic E-state index is 5.21. The van der Waals surface area contributed by atoms with Crippen LogP contribution in [0.15, 0.2) is 12.3 Å². The summed E-state index contributed by atoms with van der Waals surface area (Å²) >= 11 is 0. The van der Waals surface area contributed by atoms with Gasteiger partial charge in [0.1, 0.15) is 6.54 Å². The van der Waals surface area contributed by atoms with Gasteiger partial charge in [0.2, 0.25) is 0 Å². The zero-order valence-corrected chi connectivity index (χ0v) is 8.12. The van der Waals surface area contributed by atoms with Gasteiger partial charge in [0, 0.05) is 18.8 Å². The molecular formula is C10H15N3. The van der Waals surface area contributed by atoms with E-state index in [9.17, 15) is 0 Å². The van der Waals surface area contributed by atoms with Gasteiger partial charge < -0.3 is 5.32 Å². The Morgan fingerprint density at radius 1 is 1.69 bits per heavy atom. The summed E-state index contributed by atoms with van der Waals surface area (Å²) in [5.74, 6) is 2.57. The van der Waals surface area contributed by atoms with Gasteiger partial charge in [0.05, 0.1) is 5.69 Å². The van der Waals surface area contributed by atoms with Gasteiger partial charge in [-0.1, -0.05) is 19.8 Å². The van der Waals surface area contributed by atoms with Crippen molar-refractivity contribution < 1.29 is 0 Å². The molecule has 0 aliphatic heterocycles. The third-order valence-electron chi connectivity index (χ3n) is 1.74. The van der Waals surface area contributed by atoms with E-state index in [-0.39, 0.29) is 0 Å². The SMILES string of the molecule is C#CCn1nccc1CNC(C)C. The van der Waals surface area contributed by atoms with E-state index < -0.39 is 0 Å². The molecule has 1 aromatic rings. The van der Waals surface area contributed by atoms with Crippen LogP contribution in [-0.2, 0) is 13.1 Å². The number of nitrogens with one attached hydrogen (secondary N) is 1. The molecule has 1 heterocycles. The zero-order chi connectivity index (χ0) is 9.68. The Labute approximate surface area is 79.1 Å². The van der Waals surface area contributed by atoms with Crippen LogP contribution in [0, 0.1) is 12.3 Å². The maximum Gasteiger partial charge on any atom is 0.102 e. The number of aromatic nitrogens is 2. The molecule has 70 valence electrons. The van der Waals surface area contributed by atoms with Crippen molar-refractivity contribution in [2.24, 2.45) is 0 Å². The van der Waals surface area contributed by atoms with Crippen molar-refractivity contribution in [1.82, 2.24) is 15.1 Å². The van der Waals surface area contributed by atoms with Gasteiger partial charge >= 0.3 is 0 Å². The Balaban J connectivity index is 2.56. The number of hydrogen-bond donors (Lipinski definition) is 1. The second-order valence-electron chi connectivity index (χ2n) is 3.22. The molecule has 1 aromatic heterocycles. The van der Waals surface area contributed by atoms with Gasteiger partial charge in [-0.3, -0.25) is 4.68 Å². The topological polar surface area (TPSA) is 29.9 Å². The molecule has 0 bridgehead atoms. The maximum absolute atomic E-state index is 5.21. The monoisotopic (exact) mass is 177 g/mol. The summed E-state index contributed by atoms with van der Waals surface area (Å²) in [4.78, 5) is 0. The van der Waals surface area contributed by atoms with E-state index in [0.717, 1.165) is 12.2 Å². The molecule has 0 atom stereocenters. The van der Waals surface area contributed by atoms with Crippen LogP contribution in [0.4, 0.5) is 0 Å². The van der Waals surface area contributed by atoms with Gasteiger partial charge in [0.25, 0.3) is 0 Å². The highest BCUT2D eigenvalue weighted by Gasteiger charge is 2.00. The molecule has 0 radical (unpaired) electrons. The summed E-state index contributed by atoms with van der Waals surface area (Å²) in [5, 5.41) is 7.44. The van der Waals surface area contributed by atoms with E-state index in [4.69, 9.17) is 6.42 Å². The third-order valence-corrected chi connectivity index (χ3v) is 1.74. The lowest BCUT2D eigenvalue weighted by Crippen LogP contribution is -2.23. The first-order valence-corrected chi connectivity index (χ1v) is 4.41. The van der Waals surface area contributed by atoms with Crippen molar-refractivity contribution in [3.63, 3.8) is 0 Å². The number of hydrogen-bond acceptors (Lipinski definition) is 2. The largest absolute Gasteiger partial charge is 0.309 e. The van der Waals surface area contributed by atoms with Crippen molar-refractivity contribution in [2.75, 3.05) is 0 Å². The summed E-state index contributed by atoms with van der Waals surface area (Å²) < 4.78 is 1.83. The Bertz CT molecular complexity index is 293. The summed E-state index contributed by atoms with van der Waals surface area (Å²) in [5.41, 5.74) is 1.13. The molecule has 1 N–H and O–H groups in total. The second-order valence-corrected chi connectivity index (χ2v) is 3.22. The molecule has 0 saturated carbocycles. The Hall–Kier alpha value is -1.27. The van der Waals surface area contributed by atoms with Crippen molar-refractivity contribution in [3.8, 4) is 12.3 Å². The lowest BCUT2D eigenvalue weighted by atomic mass is 10.3. The van der Waals surface area contributed by atoms with E-state index in [1.165, 1.54) is 0 Å². The van der Waals surface area contributed by atoms with Gasteiger partial charge in [0.15, 0.2) is 0 Å². The van der Waals surface area contributed by atoms with E-state index in [2.05, 4.69) is 30.2 Å². The van der Waals surface area contributed by atoms with Crippen LogP contribution < -0.4 is 5.32 Å². The Kier molecular flexibility index (Phi) is 3.53. The minimum atomic E-state index is 0.481. The van der Waals surface area contributed by atoms with E-state index in [1.807, 2.05) is 10.7 Å².